The Bertz CT molecular complexity index is 888. The van der Waals surface area contributed by atoms with Gasteiger partial charge in [-0.05, 0) is 43.7 Å². The number of aromatic nitrogens is 2. The molecule has 0 radical (unpaired) electrons. The minimum Gasteiger partial charge on any atom is -0.461 e. The van der Waals surface area contributed by atoms with Crippen molar-refractivity contribution < 1.29 is 13.9 Å². The molecule has 4 nitrogen and oxygen atoms in total. The number of hydrogen-bond donors (Lipinski definition) is 0. The Morgan fingerprint density at radius 1 is 1.12 bits per heavy atom. The number of benzene rings is 2. The lowest BCUT2D eigenvalue weighted by molar-refractivity contribution is -0.144. The van der Waals surface area contributed by atoms with Crippen molar-refractivity contribution in [3.8, 4) is 5.69 Å². The van der Waals surface area contributed by atoms with Gasteiger partial charge in [0.15, 0.2) is 0 Å². The lowest BCUT2D eigenvalue weighted by atomic mass is 10.1. The predicted octanol–water partition coefficient (Wildman–Crippen LogP) is 3.91. The zero-order valence-electron chi connectivity index (χ0n) is 14.2. The SMILES string of the molecule is Cc1nn(-c2ccccc2)c(C)c1CC(=O)OCc1cccc(F)c1. The maximum Gasteiger partial charge on any atom is 0.310 e. The summed E-state index contributed by atoms with van der Waals surface area (Å²) in [6.07, 6.45) is 0.139. The summed E-state index contributed by atoms with van der Waals surface area (Å²) in [6, 6.07) is 15.8. The highest BCUT2D eigenvalue weighted by atomic mass is 19.1. The number of hydrogen-bond acceptors (Lipinski definition) is 3. The topological polar surface area (TPSA) is 44.1 Å². The fraction of sp³-hybridized carbons (Fsp3) is 0.200. The van der Waals surface area contributed by atoms with E-state index in [0.717, 1.165) is 22.6 Å². The molecule has 0 N–H and O–H groups in total. The average molecular weight is 338 g/mol. The van der Waals surface area contributed by atoms with Crippen LogP contribution in [0.15, 0.2) is 54.6 Å². The van der Waals surface area contributed by atoms with E-state index in [1.54, 1.807) is 12.1 Å². The minimum atomic E-state index is -0.358. The summed E-state index contributed by atoms with van der Waals surface area (Å²) in [7, 11) is 0. The summed E-state index contributed by atoms with van der Waals surface area (Å²) in [5, 5.41) is 4.52. The molecule has 2 aromatic carbocycles. The fourth-order valence-electron chi connectivity index (χ4n) is 2.74. The average Bonchev–Trinajstić information content (AvgIpc) is 2.89. The predicted molar refractivity (Wildman–Crippen MR) is 92.9 cm³/mol. The molecule has 25 heavy (non-hydrogen) atoms. The van der Waals surface area contributed by atoms with E-state index in [4.69, 9.17) is 4.74 Å². The molecule has 0 amide bonds. The molecule has 3 aromatic rings. The van der Waals surface area contributed by atoms with Crippen molar-refractivity contribution in [2.75, 3.05) is 0 Å². The summed E-state index contributed by atoms with van der Waals surface area (Å²) in [5.74, 6) is -0.701. The molecule has 0 saturated carbocycles. The van der Waals surface area contributed by atoms with Crippen LogP contribution in [0.2, 0.25) is 0 Å². The summed E-state index contributed by atoms with van der Waals surface area (Å²) >= 11 is 0. The van der Waals surface area contributed by atoms with Gasteiger partial charge in [-0.15, -0.1) is 0 Å². The van der Waals surface area contributed by atoms with E-state index >= 15 is 0 Å². The van der Waals surface area contributed by atoms with Crippen LogP contribution in [0.4, 0.5) is 4.39 Å². The fourth-order valence-corrected chi connectivity index (χ4v) is 2.74. The Morgan fingerprint density at radius 3 is 2.60 bits per heavy atom. The normalized spacial score (nSPS) is 10.7. The molecule has 0 aliphatic carbocycles. The number of ether oxygens (including phenoxy) is 1. The molecule has 1 heterocycles. The van der Waals surface area contributed by atoms with Gasteiger partial charge < -0.3 is 4.74 Å². The molecule has 1 aromatic heterocycles. The van der Waals surface area contributed by atoms with Gasteiger partial charge in [0, 0.05) is 11.3 Å². The van der Waals surface area contributed by atoms with Gasteiger partial charge in [-0.1, -0.05) is 30.3 Å². The van der Waals surface area contributed by atoms with Crippen molar-refractivity contribution in [1.82, 2.24) is 9.78 Å². The Kier molecular flexibility index (Phi) is 4.93. The van der Waals surface area contributed by atoms with Crippen LogP contribution in [0, 0.1) is 19.7 Å². The van der Waals surface area contributed by atoms with E-state index in [1.807, 2.05) is 48.9 Å². The quantitative estimate of drug-likeness (QED) is 0.663. The first kappa shape index (κ1) is 16.9. The molecule has 0 saturated heterocycles. The number of nitrogens with zero attached hydrogens (tertiary/aromatic N) is 2. The van der Waals surface area contributed by atoms with Crippen LogP contribution in [0.3, 0.4) is 0 Å². The van der Waals surface area contributed by atoms with Crippen molar-refractivity contribution in [2.24, 2.45) is 0 Å². The Hall–Kier alpha value is -2.95. The number of carbonyl (C=O) groups excluding carboxylic acids is 1. The van der Waals surface area contributed by atoms with Crippen LogP contribution < -0.4 is 0 Å². The zero-order valence-corrected chi connectivity index (χ0v) is 14.2. The molecular formula is C20H19FN2O2. The second kappa shape index (κ2) is 7.30. The van der Waals surface area contributed by atoms with Crippen molar-refractivity contribution in [1.29, 1.82) is 0 Å². The Morgan fingerprint density at radius 2 is 1.88 bits per heavy atom. The van der Waals surface area contributed by atoms with E-state index in [1.165, 1.54) is 12.1 Å². The third-order valence-electron chi connectivity index (χ3n) is 4.05. The molecule has 5 heteroatoms. The molecule has 0 aliphatic rings. The van der Waals surface area contributed by atoms with Gasteiger partial charge >= 0.3 is 5.97 Å². The third kappa shape index (κ3) is 3.94. The minimum absolute atomic E-state index is 0.0571. The van der Waals surface area contributed by atoms with Crippen LogP contribution in [-0.4, -0.2) is 15.7 Å². The van der Waals surface area contributed by atoms with Gasteiger partial charge in [0.2, 0.25) is 0 Å². The van der Waals surface area contributed by atoms with Crippen LogP contribution >= 0.6 is 0 Å². The molecular weight excluding hydrogens is 319 g/mol. The molecule has 3 rings (SSSR count). The first-order chi connectivity index (χ1) is 12.0. The van der Waals surface area contributed by atoms with Crippen molar-refractivity contribution in [2.45, 2.75) is 26.9 Å². The second-order valence-electron chi connectivity index (χ2n) is 5.86. The number of para-hydroxylation sites is 1. The van der Waals surface area contributed by atoms with Crippen molar-refractivity contribution in [3.05, 3.63) is 82.9 Å². The third-order valence-corrected chi connectivity index (χ3v) is 4.05. The van der Waals surface area contributed by atoms with E-state index in [2.05, 4.69) is 5.10 Å². The number of carbonyl (C=O) groups is 1. The molecule has 0 unspecified atom stereocenters. The lowest BCUT2D eigenvalue weighted by Crippen LogP contribution is -2.09. The first-order valence-corrected chi connectivity index (χ1v) is 8.05. The van der Waals surface area contributed by atoms with E-state index in [9.17, 15) is 9.18 Å². The largest absolute Gasteiger partial charge is 0.461 e. The van der Waals surface area contributed by atoms with Gasteiger partial charge in [0.05, 0.1) is 17.8 Å². The lowest BCUT2D eigenvalue weighted by Gasteiger charge is -2.07. The van der Waals surface area contributed by atoms with Crippen LogP contribution in [-0.2, 0) is 22.6 Å². The molecule has 0 aliphatic heterocycles. The van der Waals surface area contributed by atoms with E-state index in [-0.39, 0.29) is 24.8 Å². The number of rotatable bonds is 5. The van der Waals surface area contributed by atoms with Gasteiger partial charge in [-0.25, -0.2) is 9.07 Å². The first-order valence-electron chi connectivity index (χ1n) is 8.05. The number of aryl methyl sites for hydroxylation is 1. The Balaban J connectivity index is 1.70. The molecule has 0 spiro atoms. The second-order valence-corrected chi connectivity index (χ2v) is 5.86. The molecule has 0 atom stereocenters. The number of halogens is 1. The monoisotopic (exact) mass is 338 g/mol. The van der Waals surface area contributed by atoms with Crippen molar-refractivity contribution in [3.63, 3.8) is 0 Å². The number of esters is 1. The summed E-state index contributed by atoms with van der Waals surface area (Å²) < 4.78 is 20.3. The van der Waals surface area contributed by atoms with Crippen LogP contribution in [0.25, 0.3) is 5.69 Å². The van der Waals surface area contributed by atoms with E-state index in [0.29, 0.717) is 5.56 Å². The maximum atomic E-state index is 13.2. The highest BCUT2D eigenvalue weighted by Gasteiger charge is 2.16. The summed E-state index contributed by atoms with van der Waals surface area (Å²) in [4.78, 5) is 12.2. The van der Waals surface area contributed by atoms with Gasteiger partial charge in [-0.3, -0.25) is 4.79 Å². The zero-order chi connectivity index (χ0) is 17.8. The summed E-state index contributed by atoms with van der Waals surface area (Å²) in [5.41, 5.74) is 4.13. The van der Waals surface area contributed by atoms with E-state index < -0.39 is 0 Å². The molecule has 0 fully saturated rings. The van der Waals surface area contributed by atoms with Gasteiger partial charge in [0.25, 0.3) is 0 Å². The Labute approximate surface area is 145 Å². The van der Waals surface area contributed by atoms with Crippen LogP contribution in [0.5, 0.6) is 0 Å². The summed E-state index contributed by atoms with van der Waals surface area (Å²) in [6.45, 7) is 3.87. The van der Waals surface area contributed by atoms with Gasteiger partial charge in [-0.2, -0.15) is 5.10 Å². The highest BCUT2D eigenvalue weighted by molar-refractivity contribution is 5.73. The smallest absolute Gasteiger partial charge is 0.310 e. The molecule has 0 bridgehead atoms. The maximum absolute atomic E-state index is 13.2. The van der Waals surface area contributed by atoms with Crippen LogP contribution in [0.1, 0.15) is 22.5 Å². The standard InChI is InChI=1S/C20H19FN2O2/c1-14-19(15(2)23(22-14)18-9-4-3-5-10-18)12-20(24)25-13-16-7-6-8-17(21)11-16/h3-11H,12-13H2,1-2H3. The highest BCUT2D eigenvalue weighted by Crippen LogP contribution is 2.19. The van der Waals surface area contributed by atoms with Crippen molar-refractivity contribution >= 4 is 5.97 Å². The van der Waals surface area contributed by atoms with Gasteiger partial charge in [0.1, 0.15) is 12.4 Å². The molecule has 128 valence electrons.